The van der Waals surface area contributed by atoms with Crippen molar-refractivity contribution in [2.75, 3.05) is 0 Å². The van der Waals surface area contributed by atoms with Gasteiger partial charge in [-0.25, -0.2) is 4.98 Å². The lowest BCUT2D eigenvalue weighted by molar-refractivity contribution is 0.669. The summed E-state index contributed by atoms with van der Waals surface area (Å²) < 4.78 is 15.2. The monoisotopic (exact) mass is 730 g/mol. The van der Waals surface area contributed by atoms with Crippen molar-refractivity contribution in [3.05, 3.63) is 182 Å². The van der Waals surface area contributed by atoms with Gasteiger partial charge in [0.05, 0.1) is 11.0 Å². The van der Waals surface area contributed by atoms with E-state index in [4.69, 9.17) is 23.8 Å². The standard InChI is InChI=1S/C51H30N4O2/c1-3-14-31(15-4-1)39-29-34(30-40-38-20-9-12-24-44(38)57-48(39)40)35-21-13-25-46-47(35)41-28-33(26-27-45(41)56-46)50-52-49(32-16-5-2-6-17-32)53-51(54-50)55-42-22-10-7-18-36(42)37-19-8-11-23-43(37)55/h1-30H. The van der Waals surface area contributed by atoms with Crippen LogP contribution in [0.15, 0.2) is 191 Å². The molecule has 8 aromatic carbocycles. The molecule has 0 aliphatic carbocycles. The van der Waals surface area contributed by atoms with E-state index in [2.05, 4.69) is 120 Å². The first kappa shape index (κ1) is 31.5. The molecule has 266 valence electrons. The summed E-state index contributed by atoms with van der Waals surface area (Å²) in [4.78, 5) is 15.5. The number of fused-ring (bicyclic) bond motifs is 9. The van der Waals surface area contributed by atoms with Crippen molar-refractivity contribution in [1.29, 1.82) is 0 Å². The van der Waals surface area contributed by atoms with Crippen LogP contribution < -0.4 is 0 Å². The van der Waals surface area contributed by atoms with Crippen LogP contribution in [0.2, 0.25) is 0 Å². The average Bonchev–Trinajstić information content (AvgIpc) is 3.96. The molecule has 0 spiro atoms. The lowest BCUT2D eigenvalue weighted by atomic mass is 9.93. The van der Waals surface area contributed by atoms with Gasteiger partial charge in [-0.2, -0.15) is 9.97 Å². The van der Waals surface area contributed by atoms with Gasteiger partial charge in [0.15, 0.2) is 11.6 Å². The van der Waals surface area contributed by atoms with Crippen molar-refractivity contribution < 1.29 is 8.83 Å². The summed E-state index contributed by atoms with van der Waals surface area (Å²) in [7, 11) is 0. The lowest BCUT2D eigenvalue weighted by Crippen LogP contribution is -2.06. The van der Waals surface area contributed by atoms with Crippen molar-refractivity contribution >= 4 is 65.7 Å². The Kier molecular flexibility index (Phi) is 6.83. The summed E-state index contributed by atoms with van der Waals surface area (Å²) in [5, 5.41) is 6.46. The molecule has 0 radical (unpaired) electrons. The van der Waals surface area contributed by atoms with E-state index in [9.17, 15) is 0 Å². The summed E-state index contributed by atoms with van der Waals surface area (Å²) in [6.45, 7) is 0. The highest BCUT2D eigenvalue weighted by Gasteiger charge is 2.21. The van der Waals surface area contributed by atoms with Crippen LogP contribution in [0, 0.1) is 0 Å². The Morgan fingerprint density at radius 1 is 0.351 bits per heavy atom. The smallest absolute Gasteiger partial charge is 0.238 e. The highest BCUT2D eigenvalue weighted by atomic mass is 16.3. The fraction of sp³-hybridized carbons (Fsp3) is 0. The van der Waals surface area contributed by atoms with Gasteiger partial charge in [-0.3, -0.25) is 4.57 Å². The Bertz CT molecular complexity index is 3470. The Morgan fingerprint density at radius 2 is 0.947 bits per heavy atom. The van der Waals surface area contributed by atoms with Crippen LogP contribution in [0.3, 0.4) is 0 Å². The van der Waals surface area contributed by atoms with Crippen molar-refractivity contribution in [3.63, 3.8) is 0 Å². The molecule has 4 aromatic heterocycles. The van der Waals surface area contributed by atoms with Crippen molar-refractivity contribution in [2.45, 2.75) is 0 Å². The molecule has 0 saturated heterocycles. The molecule has 6 nitrogen and oxygen atoms in total. The maximum absolute atomic E-state index is 6.56. The van der Waals surface area contributed by atoms with Gasteiger partial charge < -0.3 is 8.83 Å². The van der Waals surface area contributed by atoms with Gasteiger partial charge >= 0.3 is 0 Å². The number of hydrogen-bond acceptors (Lipinski definition) is 5. The van der Waals surface area contributed by atoms with Gasteiger partial charge in [-0.1, -0.05) is 127 Å². The first-order valence-corrected chi connectivity index (χ1v) is 19.0. The molecule has 0 fully saturated rings. The summed E-state index contributed by atoms with van der Waals surface area (Å²) in [5.74, 6) is 1.74. The molecule has 12 aromatic rings. The van der Waals surface area contributed by atoms with Crippen LogP contribution in [-0.2, 0) is 0 Å². The topological polar surface area (TPSA) is 69.9 Å². The molecule has 0 aliphatic rings. The van der Waals surface area contributed by atoms with Gasteiger partial charge in [-0.05, 0) is 71.3 Å². The van der Waals surface area contributed by atoms with Gasteiger partial charge in [0.2, 0.25) is 5.95 Å². The second-order valence-corrected chi connectivity index (χ2v) is 14.4. The Balaban J connectivity index is 1.10. The molecule has 0 atom stereocenters. The van der Waals surface area contributed by atoms with Crippen LogP contribution in [0.25, 0.3) is 117 Å². The first-order valence-electron chi connectivity index (χ1n) is 19.0. The second kappa shape index (κ2) is 12.3. The van der Waals surface area contributed by atoms with Crippen LogP contribution in [0.1, 0.15) is 0 Å². The van der Waals surface area contributed by atoms with E-state index in [0.717, 1.165) is 99.1 Å². The number of furan rings is 2. The van der Waals surface area contributed by atoms with E-state index in [-0.39, 0.29) is 0 Å². The van der Waals surface area contributed by atoms with Gasteiger partial charge in [0.1, 0.15) is 22.3 Å². The van der Waals surface area contributed by atoms with E-state index < -0.39 is 0 Å². The highest BCUT2D eigenvalue weighted by molar-refractivity contribution is 6.16. The second-order valence-electron chi connectivity index (χ2n) is 14.4. The molecule has 4 heterocycles. The first-order chi connectivity index (χ1) is 28.2. The summed E-state index contributed by atoms with van der Waals surface area (Å²) in [6, 6.07) is 62.6. The number of rotatable bonds is 5. The molecular formula is C51H30N4O2. The van der Waals surface area contributed by atoms with Crippen molar-refractivity contribution in [2.24, 2.45) is 0 Å². The summed E-state index contributed by atoms with van der Waals surface area (Å²) in [5.41, 5.74) is 11.5. The lowest BCUT2D eigenvalue weighted by Gasteiger charge is -2.11. The fourth-order valence-electron chi connectivity index (χ4n) is 8.47. The molecule has 57 heavy (non-hydrogen) atoms. The molecule has 0 amide bonds. The summed E-state index contributed by atoms with van der Waals surface area (Å²) >= 11 is 0. The van der Waals surface area contributed by atoms with Gasteiger partial charge in [0.25, 0.3) is 0 Å². The van der Waals surface area contributed by atoms with E-state index in [1.165, 1.54) is 0 Å². The van der Waals surface area contributed by atoms with E-state index in [0.29, 0.717) is 17.6 Å². The molecule has 0 N–H and O–H groups in total. The number of nitrogens with zero attached hydrogens (tertiary/aromatic N) is 4. The predicted molar refractivity (Wildman–Crippen MR) is 230 cm³/mol. The minimum Gasteiger partial charge on any atom is -0.456 e. The Labute approximate surface area is 325 Å². The third-order valence-electron chi connectivity index (χ3n) is 11.1. The van der Waals surface area contributed by atoms with Gasteiger partial charge in [0, 0.05) is 49.0 Å². The number of para-hydroxylation sites is 3. The average molecular weight is 731 g/mol. The largest absolute Gasteiger partial charge is 0.456 e. The van der Waals surface area contributed by atoms with E-state index in [1.807, 2.05) is 66.7 Å². The number of benzene rings is 8. The zero-order valence-corrected chi connectivity index (χ0v) is 30.4. The molecule has 0 unspecified atom stereocenters. The third kappa shape index (κ3) is 4.94. The predicted octanol–water partition coefficient (Wildman–Crippen LogP) is 13.4. The van der Waals surface area contributed by atoms with Crippen LogP contribution in [-0.4, -0.2) is 19.5 Å². The normalized spacial score (nSPS) is 11.9. The molecule has 6 heteroatoms. The maximum Gasteiger partial charge on any atom is 0.238 e. The minimum absolute atomic E-state index is 0.558. The SMILES string of the molecule is c1ccc(-c2nc(-c3ccc4oc5cccc(-c6cc(-c7ccccc7)c7oc8ccccc8c7c6)c5c4c3)nc(-n3c4ccccc4c4ccccc43)n2)cc1. The Morgan fingerprint density at radius 3 is 1.70 bits per heavy atom. The fourth-order valence-corrected chi connectivity index (χ4v) is 8.47. The van der Waals surface area contributed by atoms with E-state index in [1.54, 1.807) is 0 Å². The molecule has 0 bridgehead atoms. The quantitative estimate of drug-likeness (QED) is 0.176. The molecule has 12 rings (SSSR count). The van der Waals surface area contributed by atoms with Crippen LogP contribution in [0.4, 0.5) is 0 Å². The zero-order chi connectivity index (χ0) is 37.5. The van der Waals surface area contributed by atoms with Crippen LogP contribution >= 0.6 is 0 Å². The third-order valence-corrected chi connectivity index (χ3v) is 11.1. The van der Waals surface area contributed by atoms with Crippen molar-refractivity contribution in [3.8, 4) is 51.0 Å². The summed E-state index contributed by atoms with van der Waals surface area (Å²) in [6.07, 6.45) is 0. The van der Waals surface area contributed by atoms with Crippen LogP contribution in [0.5, 0.6) is 0 Å². The Hall–Kier alpha value is -7.83. The minimum atomic E-state index is 0.558. The molecule has 0 aliphatic heterocycles. The molecule has 0 saturated carbocycles. The maximum atomic E-state index is 6.56. The highest BCUT2D eigenvalue weighted by Crippen LogP contribution is 2.43. The van der Waals surface area contributed by atoms with E-state index >= 15 is 0 Å². The van der Waals surface area contributed by atoms with Gasteiger partial charge in [-0.15, -0.1) is 0 Å². The van der Waals surface area contributed by atoms with Crippen molar-refractivity contribution in [1.82, 2.24) is 19.5 Å². The zero-order valence-electron chi connectivity index (χ0n) is 30.4. The molecular weight excluding hydrogens is 701 g/mol. The number of hydrogen-bond donors (Lipinski definition) is 0. The number of aromatic nitrogens is 4.